The smallest absolute Gasteiger partial charge is 0.227 e. The Bertz CT molecular complexity index is 368. The van der Waals surface area contributed by atoms with E-state index in [1.807, 2.05) is 6.92 Å². The van der Waals surface area contributed by atoms with Gasteiger partial charge in [0.2, 0.25) is 11.9 Å². The molecule has 0 aliphatic heterocycles. The molecule has 1 rings (SSSR count). The number of nitrogens with two attached hydrogens (primary N) is 1. The molecule has 1 heterocycles. The second kappa shape index (κ2) is 7.10. The summed E-state index contributed by atoms with van der Waals surface area (Å²) in [4.78, 5) is 14.7. The third-order valence-electron chi connectivity index (χ3n) is 3.11. The van der Waals surface area contributed by atoms with Crippen LogP contribution in [0.3, 0.4) is 0 Å². The lowest BCUT2D eigenvalue weighted by molar-refractivity contribution is 0.261. The van der Waals surface area contributed by atoms with Crippen LogP contribution < -0.4 is 11.1 Å². The van der Waals surface area contributed by atoms with Crippen LogP contribution >= 0.6 is 0 Å². The second-order valence-electron chi connectivity index (χ2n) is 4.45. The number of rotatable bonds is 7. The largest absolute Gasteiger partial charge is 0.368 e. The summed E-state index contributed by atoms with van der Waals surface area (Å²) >= 11 is 0. The highest BCUT2D eigenvalue weighted by Crippen LogP contribution is 2.03. The Balaban J connectivity index is 2.46. The summed E-state index contributed by atoms with van der Waals surface area (Å²) < 4.78 is 0. The van der Waals surface area contributed by atoms with E-state index in [1.165, 1.54) is 0 Å². The molecule has 6 nitrogen and oxygen atoms in total. The molecule has 1 unspecified atom stereocenters. The van der Waals surface area contributed by atoms with Crippen molar-refractivity contribution in [1.82, 2.24) is 19.9 Å². The van der Waals surface area contributed by atoms with Crippen LogP contribution in [0, 0.1) is 0 Å². The standard InChI is InChI=1S/C12H24N6/c1-5-9(3)18(4)8-7-14-12-16-10(6-2)15-11(13)17-12/h9H,5-8H2,1-4H3,(H3,13,14,15,16,17). The van der Waals surface area contributed by atoms with Gasteiger partial charge in [-0.3, -0.25) is 0 Å². The first-order valence-electron chi connectivity index (χ1n) is 6.51. The number of anilines is 2. The summed E-state index contributed by atoms with van der Waals surface area (Å²) in [6.45, 7) is 8.15. The van der Waals surface area contributed by atoms with Gasteiger partial charge in [0, 0.05) is 25.6 Å². The van der Waals surface area contributed by atoms with E-state index in [9.17, 15) is 0 Å². The number of hydrogen-bond acceptors (Lipinski definition) is 6. The highest BCUT2D eigenvalue weighted by molar-refractivity contribution is 5.30. The van der Waals surface area contributed by atoms with Crippen molar-refractivity contribution in [1.29, 1.82) is 0 Å². The molecule has 1 aromatic rings. The van der Waals surface area contributed by atoms with Crippen LogP contribution in [-0.2, 0) is 6.42 Å². The zero-order chi connectivity index (χ0) is 13.5. The first-order chi connectivity index (χ1) is 8.56. The molecular weight excluding hydrogens is 228 g/mol. The van der Waals surface area contributed by atoms with Gasteiger partial charge in [0.05, 0.1) is 0 Å². The number of aryl methyl sites for hydroxylation is 1. The molecule has 0 aliphatic carbocycles. The third kappa shape index (κ3) is 4.44. The van der Waals surface area contributed by atoms with Crippen LogP contribution in [0.5, 0.6) is 0 Å². The molecule has 0 fully saturated rings. The fourth-order valence-corrected chi connectivity index (χ4v) is 1.55. The van der Waals surface area contributed by atoms with Gasteiger partial charge in [-0.15, -0.1) is 0 Å². The van der Waals surface area contributed by atoms with Gasteiger partial charge >= 0.3 is 0 Å². The number of hydrogen-bond donors (Lipinski definition) is 2. The van der Waals surface area contributed by atoms with Crippen LogP contribution in [0.2, 0.25) is 0 Å². The third-order valence-corrected chi connectivity index (χ3v) is 3.11. The highest BCUT2D eigenvalue weighted by atomic mass is 15.2. The van der Waals surface area contributed by atoms with Crippen LogP contribution in [0.25, 0.3) is 0 Å². The predicted molar refractivity (Wildman–Crippen MR) is 74.5 cm³/mol. The van der Waals surface area contributed by atoms with Gasteiger partial charge in [0.15, 0.2) is 0 Å². The highest BCUT2D eigenvalue weighted by Gasteiger charge is 2.07. The minimum absolute atomic E-state index is 0.277. The number of aromatic nitrogens is 3. The van der Waals surface area contributed by atoms with E-state index in [2.05, 4.69) is 46.1 Å². The van der Waals surface area contributed by atoms with E-state index in [0.717, 1.165) is 31.8 Å². The van der Waals surface area contributed by atoms with Crippen LogP contribution in [0.15, 0.2) is 0 Å². The van der Waals surface area contributed by atoms with Gasteiger partial charge in [-0.25, -0.2) is 0 Å². The van der Waals surface area contributed by atoms with Crippen molar-refractivity contribution in [3.63, 3.8) is 0 Å². The van der Waals surface area contributed by atoms with Crippen LogP contribution in [0.4, 0.5) is 11.9 Å². The number of likely N-dealkylation sites (N-methyl/N-ethyl adjacent to an activating group) is 1. The maximum atomic E-state index is 5.62. The maximum Gasteiger partial charge on any atom is 0.227 e. The zero-order valence-corrected chi connectivity index (χ0v) is 11.8. The summed E-state index contributed by atoms with van der Waals surface area (Å²) in [7, 11) is 2.12. The average Bonchev–Trinajstić information content (AvgIpc) is 2.36. The average molecular weight is 252 g/mol. The van der Waals surface area contributed by atoms with Crippen molar-refractivity contribution >= 4 is 11.9 Å². The number of nitrogens with one attached hydrogen (secondary N) is 1. The summed E-state index contributed by atoms with van der Waals surface area (Å²) in [5.74, 6) is 1.57. The lowest BCUT2D eigenvalue weighted by Gasteiger charge is -2.23. The van der Waals surface area contributed by atoms with Gasteiger partial charge in [-0.1, -0.05) is 13.8 Å². The quantitative estimate of drug-likeness (QED) is 0.758. The number of nitrogens with zero attached hydrogens (tertiary/aromatic N) is 4. The minimum atomic E-state index is 0.277. The van der Waals surface area contributed by atoms with Crippen molar-refractivity contribution < 1.29 is 0 Å². The molecule has 0 saturated heterocycles. The molecule has 0 aliphatic rings. The van der Waals surface area contributed by atoms with E-state index in [-0.39, 0.29) is 5.95 Å². The molecule has 1 atom stereocenters. The van der Waals surface area contributed by atoms with Crippen molar-refractivity contribution in [3.05, 3.63) is 5.82 Å². The summed E-state index contributed by atoms with van der Waals surface area (Å²) in [6.07, 6.45) is 1.91. The zero-order valence-electron chi connectivity index (χ0n) is 11.8. The first-order valence-corrected chi connectivity index (χ1v) is 6.51. The molecule has 0 bridgehead atoms. The van der Waals surface area contributed by atoms with Crippen molar-refractivity contribution in [2.45, 2.75) is 39.7 Å². The Morgan fingerprint density at radius 2 is 2.00 bits per heavy atom. The molecule has 0 aromatic carbocycles. The topological polar surface area (TPSA) is 80.0 Å². The van der Waals surface area contributed by atoms with Gasteiger partial charge in [-0.2, -0.15) is 15.0 Å². The molecule has 0 radical (unpaired) electrons. The van der Waals surface area contributed by atoms with Gasteiger partial charge < -0.3 is 16.0 Å². The monoisotopic (exact) mass is 252 g/mol. The normalized spacial score (nSPS) is 12.7. The molecule has 0 amide bonds. The van der Waals surface area contributed by atoms with E-state index < -0.39 is 0 Å². The number of nitrogen functional groups attached to an aromatic ring is 1. The molecule has 6 heteroatoms. The fraction of sp³-hybridized carbons (Fsp3) is 0.750. The van der Waals surface area contributed by atoms with E-state index in [0.29, 0.717) is 12.0 Å². The predicted octanol–water partition coefficient (Wildman–Crippen LogP) is 1.16. The molecular formula is C12H24N6. The summed E-state index contributed by atoms with van der Waals surface area (Å²) in [6, 6.07) is 0.585. The Labute approximate surface area is 109 Å². The fourth-order valence-electron chi connectivity index (χ4n) is 1.55. The first kappa shape index (κ1) is 14.6. The summed E-state index contributed by atoms with van der Waals surface area (Å²) in [5, 5.41) is 3.19. The van der Waals surface area contributed by atoms with Crippen LogP contribution in [-0.4, -0.2) is 46.0 Å². The lowest BCUT2D eigenvalue weighted by Crippen LogP contribution is -2.33. The lowest BCUT2D eigenvalue weighted by atomic mass is 10.2. The Morgan fingerprint density at radius 3 is 2.61 bits per heavy atom. The summed E-state index contributed by atoms with van der Waals surface area (Å²) in [5.41, 5.74) is 5.62. The SMILES string of the molecule is CCc1nc(N)nc(NCCN(C)C(C)CC)n1. The van der Waals surface area contributed by atoms with E-state index >= 15 is 0 Å². The van der Waals surface area contributed by atoms with Crippen molar-refractivity contribution in [2.24, 2.45) is 0 Å². The molecule has 0 spiro atoms. The second-order valence-corrected chi connectivity index (χ2v) is 4.45. The van der Waals surface area contributed by atoms with Gasteiger partial charge in [-0.05, 0) is 20.4 Å². The Morgan fingerprint density at radius 1 is 1.28 bits per heavy atom. The Hall–Kier alpha value is -1.43. The van der Waals surface area contributed by atoms with Crippen molar-refractivity contribution in [2.75, 3.05) is 31.2 Å². The molecule has 0 saturated carbocycles. The molecule has 102 valence electrons. The van der Waals surface area contributed by atoms with Gasteiger partial charge in [0.25, 0.3) is 0 Å². The minimum Gasteiger partial charge on any atom is -0.368 e. The van der Waals surface area contributed by atoms with E-state index in [1.54, 1.807) is 0 Å². The molecule has 1 aromatic heterocycles. The van der Waals surface area contributed by atoms with Crippen LogP contribution in [0.1, 0.15) is 33.0 Å². The van der Waals surface area contributed by atoms with Gasteiger partial charge in [0.1, 0.15) is 5.82 Å². The van der Waals surface area contributed by atoms with Crippen molar-refractivity contribution in [3.8, 4) is 0 Å². The maximum absolute atomic E-state index is 5.62. The molecule has 3 N–H and O–H groups in total. The molecule has 18 heavy (non-hydrogen) atoms. The Kier molecular flexibility index (Phi) is 5.77. The van der Waals surface area contributed by atoms with E-state index in [4.69, 9.17) is 5.73 Å².